The normalized spacial score (nSPS) is 15.1. The van der Waals surface area contributed by atoms with Gasteiger partial charge in [-0.1, -0.05) is 30.3 Å². The van der Waals surface area contributed by atoms with E-state index in [1.165, 1.54) is 4.57 Å². The SMILES string of the molecule is CCn1cc(CN2CCn3c(nnc3C(F)(F)F)C2)c(-c2ccccc2)n1. The predicted molar refractivity (Wildman–Crippen MR) is 92.5 cm³/mol. The Labute approximate surface area is 154 Å². The van der Waals surface area contributed by atoms with Gasteiger partial charge in [-0.25, -0.2) is 0 Å². The van der Waals surface area contributed by atoms with Crippen molar-refractivity contribution in [3.8, 4) is 11.3 Å². The molecule has 0 N–H and O–H groups in total. The van der Waals surface area contributed by atoms with E-state index in [9.17, 15) is 13.2 Å². The van der Waals surface area contributed by atoms with Crippen LogP contribution >= 0.6 is 0 Å². The van der Waals surface area contributed by atoms with Crippen LogP contribution in [-0.2, 0) is 32.4 Å². The van der Waals surface area contributed by atoms with Crippen molar-refractivity contribution in [3.63, 3.8) is 0 Å². The molecule has 0 aliphatic carbocycles. The van der Waals surface area contributed by atoms with Crippen molar-refractivity contribution >= 4 is 0 Å². The molecule has 2 aromatic heterocycles. The van der Waals surface area contributed by atoms with Gasteiger partial charge in [-0.3, -0.25) is 9.58 Å². The van der Waals surface area contributed by atoms with Gasteiger partial charge >= 0.3 is 6.18 Å². The summed E-state index contributed by atoms with van der Waals surface area (Å²) in [6.45, 7) is 4.42. The summed E-state index contributed by atoms with van der Waals surface area (Å²) in [6.07, 6.45) is -2.47. The van der Waals surface area contributed by atoms with Gasteiger partial charge in [-0.15, -0.1) is 10.2 Å². The Morgan fingerprint density at radius 2 is 1.85 bits per heavy atom. The van der Waals surface area contributed by atoms with E-state index in [0.29, 0.717) is 25.5 Å². The van der Waals surface area contributed by atoms with E-state index >= 15 is 0 Å². The van der Waals surface area contributed by atoms with Gasteiger partial charge in [0.1, 0.15) is 5.82 Å². The molecule has 0 bridgehead atoms. The minimum Gasteiger partial charge on any atom is -0.305 e. The fraction of sp³-hybridized carbons (Fsp3) is 0.389. The Bertz CT molecular complexity index is 928. The van der Waals surface area contributed by atoms with Gasteiger partial charge < -0.3 is 4.57 Å². The lowest BCUT2D eigenvalue weighted by atomic mass is 10.1. The minimum atomic E-state index is -4.48. The molecular formula is C18H19F3N6. The molecule has 6 nitrogen and oxygen atoms in total. The van der Waals surface area contributed by atoms with E-state index in [1.54, 1.807) is 0 Å². The molecule has 1 aliphatic heterocycles. The van der Waals surface area contributed by atoms with Crippen LogP contribution < -0.4 is 0 Å². The number of nitrogens with zero attached hydrogens (tertiary/aromatic N) is 6. The van der Waals surface area contributed by atoms with Gasteiger partial charge in [0.25, 0.3) is 0 Å². The number of hydrogen-bond acceptors (Lipinski definition) is 4. The summed E-state index contributed by atoms with van der Waals surface area (Å²) in [7, 11) is 0. The summed E-state index contributed by atoms with van der Waals surface area (Å²) in [4.78, 5) is 2.08. The van der Waals surface area contributed by atoms with Gasteiger partial charge in [0.2, 0.25) is 5.82 Å². The summed E-state index contributed by atoms with van der Waals surface area (Å²) in [5.74, 6) is -0.571. The van der Waals surface area contributed by atoms with Crippen molar-refractivity contribution in [2.24, 2.45) is 0 Å². The molecule has 1 aromatic carbocycles. The van der Waals surface area contributed by atoms with Crippen molar-refractivity contribution in [1.29, 1.82) is 0 Å². The number of rotatable bonds is 4. The third kappa shape index (κ3) is 3.46. The average molecular weight is 376 g/mol. The lowest BCUT2D eigenvalue weighted by Crippen LogP contribution is -2.35. The first-order chi connectivity index (χ1) is 13.0. The Kier molecular flexibility index (Phi) is 4.47. The average Bonchev–Trinajstić information content (AvgIpc) is 3.26. The van der Waals surface area contributed by atoms with E-state index in [4.69, 9.17) is 0 Å². The van der Waals surface area contributed by atoms with Crippen LogP contribution in [0.25, 0.3) is 11.3 Å². The van der Waals surface area contributed by atoms with E-state index in [1.807, 2.05) is 48.1 Å². The van der Waals surface area contributed by atoms with E-state index in [0.717, 1.165) is 23.4 Å². The molecule has 0 fully saturated rings. The van der Waals surface area contributed by atoms with Crippen molar-refractivity contribution in [2.45, 2.75) is 39.3 Å². The highest BCUT2D eigenvalue weighted by Gasteiger charge is 2.39. The summed E-state index contributed by atoms with van der Waals surface area (Å²) in [5.41, 5.74) is 2.98. The maximum atomic E-state index is 13.0. The highest BCUT2D eigenvalue weighted by atomic mass is 19.4. The number of benzene rings is 1. The van der Waals surface area contributed by atoms with Gasteiger partial charge in [0, 0.05) is 43.5 Å². The number of fused-ring (bicyclic) bond motifs is 1. The molecule has 0 atom stereocenters. The summed E-state index contributed by atoms with van der Waals surface area (Å²) >= 11 is 0. The predicted octanol–water partition coefficient (Wildman–Crippen LogP) is 3.20. The maximum absolute atomic E-state index is 13.0. The summed E-state index contributed by atoms with van der Waals surface area (Å²) in [5, 5.41) is 11.7. The molecule has 0 saturated carbocycles. The number of aryl methyl sites for hydroxylation is 1. The topological polar surface area (TPSA) is 51.8 Å². The van der Waals surface area contributed by atoms with Gasteiger partial charge in [-0.05, 0) is 6.92 Å². The molecule has 4 rings (SSSR count). The van der Waals surface area contributed by atoms with Crippen LogP contribution in [0.3, 0.4) is 0 Å². The van der Waals surface area contributed by atoms with Crippen molar-refractivity contribution in [2.75, 3.05) is 6.54 Å². The van der Waals surface area contributed by atoms with E-state index < -0.39 is 12.0 Å². The highest BCUT2D eigenvalue weighted by Crippen LogP contribution is 2.30. The fourth-order valence-electron chi connectivity index (χ4n) is 3.37. The molecule has 0 amide bonds. The number of aromatic nitrogens is 5. The molecule has 3 heterocycles. The molecule has 9 heteroatoms. The van der Waals surface area contributed by atoms with Gasteiger partial charge in [0.15, 0.2) is 0 Å². The molecule has 0 unspecified atom stereocenters. The monoisotopic (exact) mass is 376 g/mol. The number of alkyl halides is 3. The van der Waals surface area contributed by atoms with Gasteiger partial charge in [-0.2, -0.15) is 18.3 Å². The zero-order valence-electron chi connectivity index (χ0n) is 14.8. The molecule has 3 aromatic rings. The van der Waals surface area contributed by atoms with Crippen molar-refractivity contribution in [3.05, 3.63) is 53.7 Å². The first-order valence-corrected chi connectivity index (χ1v) is 8.79. The largest absolute Gasteiger partial charge is 0.451 e. The van der Waals surface area contributed by atoms with Crippen LogP contribution in [0.15, 0.2) is 36.5 Å². The summed E-state index contributed by atoms with van der Waals surface area (Å²) in [6, 6.07) is 9.90. The second kappa shape index (κ2) is 6.80. The quantitative estimate of drug-likeness (QED) is 0.702. The molecule has 142 valence electrons. The van der Waals surface area contributed by atoms with Crippen LogP contribution in [0.5, 0.6) is 0 Å². The molecular weight excluding hydrogens is 357 g/mol. The lowest BCUT2D eigenvalue weighted by molar-refractivity contribution is -0.148. The molecule has 27 heavy (non-hydrogen) atoms. The molecule has 0 spiro atoms. The Morgan fingerprint density at radius 3 is 2.56 bits per heavy atom. The van der Waals surface area contributed by atoms with E-state index in [2.05, 4.69) is 20.2 Å². The first-order valence-electron chi connectivity index (χ1n) is 8.79. The second-order valence-corrected chi connectivity index (χ2v) is 6.52. The smallest absolute Gasteiger partial charge is 0.305 e. The minimum absolute atomic E-state index is 0.222. The first kappa shape index (κ1) is 17.7. The number of hydrogen-bond donors (Lipinski definition) is 0. The van der Waals surface area contributed by atoms with Crippen LogP contribution in [0.1, 0.15) is 24.1 Å². The fourth-order valence-corrected chi connectivity index (χ4v) is 3.37. The van der Waals surface area contributed by atoms with Crippen LogP contribution in [0.4, 0.5) is 13.2 Å². The van der Waals surface area contributed by atoms with Crippen molar-refractivity contribution in [1.82, 2.24) is 29.4 Å². The second-order valence-electron chi connectivity index (χ2n) is 6.52. The van der Waals surface area contributed by atoms with Crippen LogP contribution in [0.2, 0.25) is 0 Å². The van der Waals surface area contributed by atoms with Gasteiger partial charge in [0.05, 0.1) is 12.2 Å². The number of halogens is 3. The standard InChI is InChI=1S/C18H19F3N6/c1-2-26-11-14(16(24-26)13-6-4-3-5-7-13)10-25-8-9-27-15(12-25)22-23-17(27)18(19,20)21/h3-7,11H,2,8-10,12H2,1H3. The zero-order valence-corrected chi connectivity index (χ0v) is 14.8. The van der Waals surface area contributed by atoms with Crippen molar-refractivity contribution < 1.29 is 13.2 Å². The van der Waals surface area contributed by atoms with Crippen LogP contribution in [-0.4, -0.2) is 36.0 Å². The van der Waals surface area contributed by atoms with E-state index in [-0.39, 0.29) is 6.54 Å². The Morgan fingerprint density at radius 1 is 1.07 bits per heavy atom. The summed E-state index contributed by atoms with van der Waals surface area (Å²) < 4.78 is 42.0. The van der Waals surface area contributed by atoms with Crippen LogP contribution in [0, 0.1) is 0 Å². The maximum Gasteiger partial charge on any atom is 0.451 e. The lowest BCUT2D eigenvalue weighted by Gasteiger charge is -2.27. The molecule has 1 aliphatic rings. The molecule has 0 radical (unpaired) electrons. The Hall–Kier alpha value is -2.68. The zero-order chi connectivity index (χ0) is 19.0. The molecule has 0 saturated heterocycles. The highest BCUT2D eigenvalue weighted by molar-refractivity contribution is 5.62. The third-order valence-electron chi connectivity index (χ3n) is 4.69. The third-order valence-corrected chi connectivity index (χ3v) is 4.69. The Balaban J connectivity index is 1.57.